The van der Waals surface area contributed by atoms with Gasteiger partial charge in [0.05, 0.1) is 12.8 Å². The topological polar surface area (TPSA) is 59.4 Å². The number of nitrogens with zero attached hydrogens (tertiary/aromatic N) is 1. The van der Waals surface area contributed by atoms with Crippen LogP contribution in [0, 0.1) is 0 Å². The highest BCUT2D eigenvalue weighted by atomic mass is 32.1. The third-order valence-electron chi connectivity index (χ3n) is 3.92. The Balaban J connectivity index is 1.83. The Bertz CT molecular complexity index is 420. The summed E-state index contributed by atoms with van der Waals surface area (Å²) in [4.78, 5) is 14.9. The molecule has 1 aromatic rings. The van der Waals surface area contributed by atoms with Crippen molar-refractivity contribution in [2.24, 2.45) is 0 Å². The van der Waals surface area contributed by atoms with Crippen molar-refractivity contribution in [3.8, 4) is 5.19 Å². The maximum absolute atomic E-state index is 10.7. The monoisotopic (exact) mass is 341 g/mol. The molecular weight excluding hydrogens is 310 g/mol. The summed E-state index contributed by atoms with van der Waals surface area (Å²) in [6.07, 6.45) is 17.2. The minimum atomic E-state index is -0.942. The predicted molar refractivity (Wildman–Crippen MR) is 95.6 cm³/mol. The number of hydrogen-bond donors (Lipinski definition) is 1. The van der Waals surface area contributed by atoms with Crippen LogP contribution in [0.1, 0.15) is 93.6 Å². The molecule has 0 saturated heterocycles. The van der Waals surface area contributed by atoms with Crippen LogP contribution in [-0.4, -0.2) is 22.7 Å². The van der Waals surface area contributed by atoms with Crippen LogP contribution in [0.25, 0.3) is 0 Å². The van der Waals surface area contributed by atoms with Gasteiger partial charge in [-0.15, -0.1) is 0 Å². The van der Waals surface area contributed by atoms with Crippen LogP contribution in [0.15, 0.2) is 6.20 Å². The van der Waals surface area contributed by atoms with Crippen LogP contribution < -0.4 is 4.74 Å². The standard InChI is InChI=1S/C18H31NO3S/c1-2-3-4-5-6-7-8-9-10-11-12-13-14-22-18-19-15-16(23-18)17(20)21/h15H,2-14H2,1H3,(H,20,21). The van der Waals surface area contributed by atoms with Crippen molar-refractivity contribution < 1.29 is 14.6 Å². The number of ether oxygens (including phenoxy) is 1. The molecule has 0 bridgehead atoms. The maximum atomic E-state index is 10.7. The molecular formula is C18H31NO3S. The molecule has 0 aliphatic heterocycles. The summed E-state index contributed by atoms with van der Waals surface area (Å²) in [6.45, 7) is 2.89. The summed E-state index contributed by atoms with van der Waals surface area (Å²) in [5.74, 6) is -0.942. The second-order valence-corrected chi connectivity index (χ2v) is 7.03. The minimum absolute atomic E-state index is 0.231. The Kier molecular flexibility index (Phi) is 11.6. The number of hydrogen-bond acceptors (Lipinski definition) is 4. The van der Waals surface area contributed by atoms with E-state index in [1.165, 1.54) is 76.8 Å². The van der Waals surface area contributed by atoms with Gasteiger partial charge < -0.3 is 9.84 Å². The lowest BCUT2D eigenvalue weighted by atomic mass is 10.1. The SMILES string of the molecule is CCCCCCCCCCCCCCOc1ncc(C(=O)O)s1. The third-order valence-corrected chi connectivity index (χ3v) is 4.82. The van der Waals surface area contributed by atoms with E-state index in [1.807, 2.05) is 0 Å². The van der Waals surface area contributed by atoms with Gasteiger partial charge in [-0.2, -0.15) is 0 Å². The molecule has 0 radical (unpaired) electrons. The summed E-state index contributed by atoms with van der Waals surface area (Å²) < 4.78 is 5.47. The van der Waals surface area contributed by atoms with Crippen molar-refractivity contribution >= 4 is 17.3 Å². The van der Waals surface area contributed by atoms with Gasteiger partial charge in [0.2, 0.25) is 0 Å². The lowest BCUT2D eigenvalue weighted by Gasteiger charge is -2.03. The molecule has 1 rings (SSSR count). The van der Waals surface area contributed by atoms with Crippen molar-refractivity contribution in [3.63, 3.8) is 0 Å². The predicted octanol–water partition coefficient (Wildman–Crippen LogP) is 5.92. The van der Waals surface area contributed by atoms with Gasteiger partial charge in [0, 0.05) is 0 Å². The number of carbonyl (C=O) groups is 1. The largest absolute Gasteiger partial charge is 0.477 e. The second kappa shape index (κ2) is 13.3. The Labute approximate surface area is 144 Å². The first-order valence-corrected chi connectivity index (χ1v) is 9.87. The molecule has 0 spiro atoms. The molecule has 0 fully saturated rings. The van der Waals surface area contributed by atoms with Gasteiger partial charge in [0.1, 0.15) is 4.88 Å². The van der Waals surface area contributed by atoms with Gasteiger partial charge in [-0.05, 0) is 6.42 Å². The third kappa shape index (κ3) is 10.3. The molecule has 0 aliphatic carbocycles. The number of rotatable bonds is 15. The molecule has 4 nitrogen and oxygen atoms in total. The normalized spacial score (nSPS) is 10.8. The Morgan fingerprint density at radius 1 is 1.00 bits per heavy atom. The molecule has 0 saturated carbocycles. The van der Waals surface area contributed by atoms with Crippen molar-refractivity contribution in [2.75, 3.05) is 6.61 Å². The lowest BCUT2D eigenvalue weighted by Crippen LogP contribution is -1.96. The fourth-order valence-electron chi connectivity index (χ4n) is 2.53. The summed E-state index contributed by atoms with van der Waals surface area (Å²) in [5.41, 5.74) is 0. The van der Waals surface area contributed by atoms with E-state index < -0.39 is 5.97 Å². The summed E-state index contributed by atoms with van der Waals surface area (Å²) in [6, 6.07) is 0. The zero-order chi connectivity index (χ0) is 16.8. The smallest absolute Gasteiger partial charge is 0.347 e. The van der Waals surface area contributed by atoms with E-state index in [2.05, 4.69) is 11.9 Å². The number of thiazole rings is 1. The van der Waals surface area contributed by atoms with E-state index in [4.69, 9.17) is 9.84 Å². The molecule has 1 heterocycles. The zero-order valence-electron chi connectivity index (χ0n) is 14.4. The fraction of sp³-hybridized carbons (Fsp3) is 0.778. The van der Waals surface area contributed by atoms with Crippen LogP contribution in [0.3, 0.4) is 0 Å². The van der Waals surface area contributed by atoms with Gasteiger partial charge in [-0.3, -0.25) is 0 Å². The Morgan fingerprint density at radius 3 is 2.00 bits per heavy atom. The second-order valence-electron chi connectivity index (χ2n) is 6.03. The number of unbranched alkanes of at least 4 members (excludes halogenated alkanes) is 11. The van der Waals surface area contributed by atoms with Crippen LogP contribution in [0.5, 0.6) is 5.19 Å². The highest BCUT2D eigenvalue weighted by molar-refractivity contribution is 7.15. The number of carboxylic acid groups (broad SMARTS) is 1. The molecule has 23 heavy (non-hydrogen) atoms. The van der Waals surface area contributed by atoms with E-state index >= 15 is 0 Å². The summed E-state index contributed by atoms with van der Waals surface area (Å²) >= 11 is 1.09. The van der Waals surface area contributed by atoms with Gasteiger partial charge in [-0.25, -0.2) is 9.78 Å². The van der Waals surface area contributed by atoms with Crippen molar-refractivity contribution in [3.05, 3.63) is 11.1 Å². The fourth-order valence-corrected chi connectivity index (χ4v) is 3.15. The molecule has 0 amide bonds. The zero-order valence-corrected chi connectivity index (χ0v) is 15.2. The molecule has 1 aromatic heterocycles. The first kappa shape index (κ1) is 19.9. The highest BCUT2D eigenvalue weighted by Gasteiger charge is 2.08. The van der Waals surface area contributed by atoms with Gasteiger partial charge >= 0.3 is 5.97 Å². The number of aromatic carboxylic acids is 1. The summed E-state index contributed by atoms with van der Waals surface area (Å²) in [7, 11) is 0. The van der Waals surface area contributed by atoms with E-state index in [0.717, 1.165) is 17.8 Å². The lowest BCUT2D eigenvalue weighted by molar-refractivity contribution is 0.0702. The Morgan fingerprint density at radius 2 is 1.52 bits per heavy atom. The first-order chi connectivity index (χ1) is 11.2. The van der Waals surface area contributed by atoms with Crippen LogP contribution >= 0.6 is 11.3 Å². The molecule has 132 valence electrons. The number of aromatic nitrogens is 1. The van der Waals surface area contributed by atoms with E-state index in [1.54, 1.807) is 0 Å². The quantitative estimate of drug-likeness (QED) is 0.402. The maximum Gasteiger partial charge on any atom is 0.347 e. The van der Waals surface area contributed by atoms with E-state index in [0.29, 0.717) is 11.8 Å². The molecule has 0 aliphatic rings. The number of carboxylic acids is 1. The average Bonchev–Trinajstić information content (AvgIpc) is 3.01. The molecule has 0 aromatic carbocycles. The van der Waals surface area contributed by atoms with Crippen LogP contribution in [-0.2, 0) is 0 Å². The van der Waals surface area contributed by atoms with Crippen molar-refractivity contribution in [1.29, 1.82) is 0 Å². The van der Waals surface area contributed by atoms with E-state index in [9.17, 15) is 4.79 Å². The van der Waals surface area contributed by atoms with Gasteiger partial charge in [-0.1, -0.05) is 88.9 Å². The van der Waals surface area contributed by atoms with Crippen molar-refractivity contribution in [2.45, 2.75) is 84.0 Å². The molecule has 5 heteroatoms. The van der Waals surface area contributed by atoms with Crippen molar-refractivity contribution in [1.82, 2.24) is 4.98 Å². The molecule has 1 N–H and O–H groups in total. The van der Waals surface area contributed by atoms with Crippen LogP contribution in [0.4, 0.5) is 0 Å². The molecule has 0 atom stereocenters. The minimum Gasteiger partial charge on any atom is -0.477 e. The highest BCUT2D eigenvalue weighted by Crippen LogP contribution is 2.20. The Hall–Kier alpha value is -1.10. The van der Waals surface area contributed by atoms with Crippen LogP contribution in [0.2, 0.25) is 0 Å². The van der Waals surface area contributed by atoms with Gasteiger partial charge in [0.15, 0.2) is 0 Å². The first-order valence-electron chi connectivity index (χ1n) is 9.06. The average molecular weight is 342 g/mol. The molecule has 0 unspecified atom stereocenters. The van der Waals surface area contributed by atoms with Gasteiger partial charge in [0.25, 0.3) is 5.19 Å². The summed E-state index contributed by atoms with van der Waals surface area (Å²) in [5, 5.41) is 9.26. The van der Waals surface area contributed by atoms with E-state index in [-0.39, 0.29) is 4.88 Å².